The molecule has 0 aliphatic heterocycles. The Morgan fingerprint density at radius 1 is 1.29 bits per heavy atom. The molecule has 0 fully saturated rings. The predicted octanol–water partition coefficient (Wildman–Crippen LogP) is 1.68. The number of amides is 1. The fourth-order valence-electron chi connectivity index (χ4n) is 2.44. The molecule has 2 rings (SSSR count). The molecule has 1 amide bonds. The number of aromatic nitrogens is 2. The molecule has 7 heteroatoms. The van der Waals surface area contributed by atoms with Gasteiger partial charge in [0.15, 0.2) is 0 Å². The van der Waals surface area contributed by atoms with Gasteiger partial charge in [-0.15, -0.1) is 0 Å². The van der Waals surface area contributed by atoms with Gasteiger partial charge in [-0.2, -0.15) is 11.8 Å². The summed E-state index contributed by atoms with van der Waals surface area (Å²) in [6.07, 6.45) is 0.893. The molecule has 0 spiro atoms. The highest BCUT2D eigenvalue weighted by Gasteiger charge is 2.17. The Balaban J connectivity index is 2.17. The lowest BCUT2D eigenvalue weighted by atomic mass is 10.2. The Morgan fingerprint density at radius 3 is 2.62 bits per heavy atom. The van der Waals surface area contributed by atoms with Crippen LogP contribution in [0.4, 0.5) is 0 Å². The predicted molar refractivity (Wildman–Crippen MR) is 98.7 cm³/mol. The first kappa shape index (κ1) is 18.3. The fourth-order valence-corrected chi connectivity index (χ4v) is 3.24. The SMILES string of the molecule is CCSCCC(C)N(C)C(=O)Cn1[nH]c(=O)c2ccccc2c1=O. The van der Waals surface area contributed by atoms with E-state index in [9.17, 15) is 14.4 Å². The molecule has 1 N–H and O–H groups in total. The molecule has 6 nitrogen and oxygen atoms in total. The van der Waals surface area contributed by atoms with Crippen molar-refractivity contribution in [2.45, 2.75) is 32.9 Å². The summed E-state index contributed by atoms with van der Waals surface area (Å²) in [7, 11) is 1.73. The maximum Gasteiger partial charge on any atom is 0.273 e. The smallest absolute Gasteiger partial charge is 0.273 e. The molecule has 0 radical (unpaired) electrons. The van der Waals surface area contributed by atoms with Gasteiger partial charge in [-0.25, -0.2) is 4.68 Å². The molecule has 1 unspecified atom stereocenters. The van der Waals surface area contributed by atoms with Gasteiger partial charge in [0, 0.05) is 13.1 Å². The van der Waals surface area contributed by atoms with Gasteiger partial charge in [0.05, 0.1) is 10.8 Å². The van der Waals surface area contributed by atoms with Crippen LogP contribution in [0.5, 0.6) is 0 Å². The highest BCUT2D eigenvalue weighted by atomic mass is 32.2. The van der Waals surface area contributed by atoms with E-state index in [1.807, 2.05) is 18.7 Å². The minimum atomic E-state index is -0.368. The van der Waals surface area contributed by atoms with Crippen molar-refractivity contribution in [1.82, 2.24) is 14.7 Å². The van der Waals surface area contributed by atoms with Gasteiger partial charge in [-0.05, 0) is 37.0 Å². The summed E-state index contributed by atoms with van der Waals surface area (Å²) >= 11 is 1.83. The van der Waals surface area contributed by atoms with Gasteiger partial charge in [0.2, 0.25) is 5.91 Å². The third-order valence-electron chi connectivity index (χ3n) is 4.12. The van der Waals surface area contributed by atoms with Gasteiger partial charge >= 0.3 is 0 Å². The second-order valence-electron chi connectivity index (χ2n) is 5.72. The van der Waals surface area contributed by atoms with Crippen LogP contribution in [-0.4, -0.2) is 45.2 Å². The van der Waals surface area contributed by atoms with Gasteiger partial charge in [-0.3, -0.25) is 19.5 Å². The number of aromatic amines is 1. The number of hydrogen-bond donors (Lipinski definition) is 1. The third-order valence-corrected chi connectivity index (χ3v) is 5.05. The van der Waals surface area contributed by atoms with Crippen LogP contribution < -0.4 is 11.1 Å². The fraction of sp³-hybridized carbons (Fsp3) is 0.471. The molecular weight excluding hydrogens is 326 g/mol. The number of nitrogens with one attached hydrogen (secondary N) is 1. The van der Waals surface area contributed by atoms with Crippen molar-refractivity contribution in [3.63, 3.8) is 0 Å². The number of rotatable bonds is 7. The van der Waals surface area contributed by atoms with E-state index in [-0.39, 0.29) is 29.6 Å². The minimum absolute atomic E-state index is 0.0828. The number of hydrogen-bond acceptors (Lipinski definition) is 4. The van der Waals surface area contributed by atoms with Crippen molar-refractivity contribution < 1.29 is 4.79 Å². The lowest BCUT2D eigenvalue weighted by Crippen LogP contribution is -2.41. The number of likely N-dealkylation sites (N-methyl/N-ethyl adjacent to an activating group) is 1. The maximum absolute atomic E-state index is 12.4. The lowest BCUT2D eigenvalue weighted by molar-refractivity contribution is -0.132. The van der Waals surface area contributed by atoms with Crippen molar-refractivity contribution >= 4 is 28.4 Å². The third kappa shape index (κ3) is 4.08. The second-order valence-corrected chi connectivity index (χ2v) is 7.11. The summed E-state index contributed by atoms with van der Waals surface area (Å²) in [5.74, 6) is 1.84. The van der Waals surface area contributed by atoms with Gasteiger partial charge in [-0.1, -0.05) is 19.1 Å². The molecule has 0 aliphatic rings. The number of benzene rings is 1. The van der Waals surface area contributed by atoms with E-state index in [1.54, 1.807) is 36.2 Å². The first-order valence-corrected chi connectivity index (χ1v) is 9.16. The molecule has 24 heavy (non-hydrogen) atoms. The molecule has 0 saturated heterocycles. The Bertz CT molecular complexity index is 828. The average Bonchev–Trinajstić information content (AvgIpc) is 2.58. The van der Waals surface area contributed by atoms with Crippen LogP contribution >= 0.6 is 11.8 Å². The monoisotopic (exact) mass is 349 g/mol. The first-order valence-electron chi connectivity index (χ1n) is 8.01. The Kier molecular flexibility index (Phi) is 6.25. The summed E-state index contributed by atoms with van der Waals surface area (Å²) in [6.45, 7) is 3.92. The van der Waals surface area contributed by atoms with Crippen LogP contribution in [-0.2, 0) is 11.3 Å². The largest absolute Gasteiger partial charge is 0.341 e. The second kappa shape index (κ2) is 8.19. The van der Waals surface area contributed by atoms with Gasteiger partial charge in [0.25, 0.3) is 11.1 Å². The lowest BCUT2D eigenvalue weighted by Gasteiger charge is -2.25. The molecular formula is C17H23N3O3S. The normalized spacial score (nSPS) is 12.3. The van der Waals surface area contributed by atoms with E-state index in [1.165, 1.54) is 0 Å². The molecule has 1 aromatic carbocycles. The van der Waals surface area contributed by atoms with Crippen LogP contribution in [0, 0.1) is 0 Å². The van der Waals surface area contributed by atoms with Crippen molar-refractivity contribution in [2.24, 2.45) is 0 Å². The zero-order chi connectivity index (χ0) is 17.7. The van der Waals surface area contributed by atoms with Crippen molar-refractivity contribution in [3.8, 4) is 0 Å². The highest BCUT2D eigenvalue weighted by Crippen LogP contribution is 2.09. The highest BCUT2D eigenvalue weighted by molar-refractivity contribution is 7.99. The Labute approximate surface area is 144 Å². The van der Waals surface area contributed by atoms with E-state index in [0.717, 1.165) is 22.6 Å². The van der Waals surface area contributed by atoms with E-state index < -0.39 is 0 Å². The summed E-state index contributed by atoms with van der Waals surface area (Å²) in [5.41, 5.74) is -0.728. The zero-order valence-corrected chi connectivity index (χ0v) is 15.1. The number of carbonyl (C=O) groups excluding carboxylic acids is 1. The molecule has 0 saturated carbocycles. The first-order chi connectivity index (χ1) is 11.5. The summed E-state index contributed by atoms with van der Waals surface area (Å²) < 4.78 is 1.09. The van der Waals surface area contributed by atoms with E-state index >= 15 is 0 Å². The quantitative estimate of drug-likeness (QED) is 0.772. The van der Waals surface area contributed by atoms with Crippen LogP contribution in [0.15, 0.2) is 33.9 Å². The van der Waals surface area contributed by atoms with Crippen LogP contribution in [0.1, 0.15) is 20.3 Å². The molecule has 1 aromatic heterocycles. The summed E-state index contributed by atoms with van der Waals surface area (Å²) in [5, 5.41) is 3.15. The number of thioether (sulfide) groups is 1. The van der Waals surface area contributed by atoms with Gasteiger partial charge < -0.3 is 4.90 Å². The molecule has 2 aromatic rings. The van der Waals surface area contributed by atoms with Crippen LogP contribution in [0.3, 0.4) is 0 Å². The number of fused-ring (bicyclic) bond motifs is 1. The molecule has 1 heterocycles. The van der Waals surface area contributed by atoms with Crippen LogP contribution in [0.2, 0.25) is 0 Å². The standard InChI is InChI=1S/C17H23N3O3S/c1-4-24-10-9-12(2)19(3)15(21)11-20-17(23)14-8-6-5-7-13(14)16(22)18-20/h5-8,12H,4,9-11H2,1-3H3,(H,18,22). The van der Waals surface area contributed by atoms with Gasteiger partial charge in [0.1, 0.15) is 6.54 Å². The van der Waals surface area contributed by atoms with E-state index in [4.69, 9.17) is 0 Å². The number of nitrogens with zero attached hydrogens (tertiary/aromatic N) is 2. The minimum Gasteiger partial charge on any atom is -0.341 e. The van der Waals surface area contributed by atoms with Crippen molar-refractivity contribution in [2.75, 3.05) is 18.6 Å². The molecule has 130 valence electrons. The summed E-state index contributed by atoms with van der Waals surface area (Å²) in [4.78, 5) is 38.6. The molecule has 1 atom stereocenters. The summed E-state index contributed by atoms with van der Waals surface area (Å²) in [6, 6.07) is 6.69. The van der Waals surface area contributed by atoms with Crippen LogP contribution in [0.25, 0.3) is 10.8 Å². The van der Waals surface area contributed by atoms with Crippen molar-refractivity contribution in [3.05, 3.63) is 45.0 Å². The number of H-pyrrole nitrogens is 1. The Hall–Kier alpha value is -2.02. The topological polar surface area (TPSA) is 75.2 Å². The average molecular weight is 349 g/mol. The van der Waals surface area contributed by atoms with E-state index in [2.05, 4.69) is 12.0 Å². The Morgan fingerprint density at radius 2 is 1.96 bits per heavy atom. The maximum atomic E-state index is 12.4. The van der Waals surface area contributed by atoms with Crippen molar-refractivity contribution in [1.29, 1.82) is 0 Å². The van der Waals surface area contributed by atoms with E-state index in [0.29, 0.717) is 10.8 Å². The molecule has 0 bridgehead atoms. The number of carbonyl (C=O) groups is 1. The zero-order valence-electron chi connectivity index (χ0n) is 14.2. The molecule has 0 aliphatic carbocycles.